The van der Waals surface area contributed by atoms with Crippen molar-refractivity contribution >= 4 is 12.4 Å². The predicted octanol–water partition coefficient (Wildman–Crippen LogP) is 5.33. The Morgan fingerprint density at radius 1 is 0.333 bits per heavy atom. The molecule has 0 rings (SSSR count). The molecule has 0 radical (unpaired) electrons. The van der Waals surface area contributed by atoms with E-state index in [-0.39, 0.29) is 12.4 Å². The molecule has 0 aromatic rings. The Kier molecular flexibility index (Phi) is 6.86. The zero-order chi connectivity index (χ0) is 22.0. The first-order chi connectivity index (χ1) is 10.8. The summed E-state index contributed by atoms with van der Waals surface area (Å²) in [7, 11) is 0. The van der Waals surface area contributed by atoms with E-state index in [0.717, 1.165) is 0 Å². The fourth-order valence-corrected chi connectivity index (χ4v) is 1.18. The van der Waals surface area contributed by atoms with E-state index in [0.29, 0.717) is 0 Å². The van der Waals surface area contributed by atoms with Crippen molar-refractivity contribution < 1.29 is 74.6 Å². The molecular weight excluding hydrogens is 469 g/mol. The van der Waals surface area contributed by atoms with Gasteiger partial charge in [-0.2, -0.15) is 74.6 Å². The second kappa shape index (κ2) is 6.55. The number of hydrogen-bond donors (Lipinski definition) is 1. The smallest absolute Gasteiger partial charge is 0.267 e. The van der Waals surface area contributed by atoms with Crippen LogP contribution in [-0.4, -0.2) is 47.8 Å². The molecule has 0 atom stereocenters. The molecule has 0 fully saturated rings. The lowest BCUT2D eigenvalue weighted by atomic mass is 9.90. The zero-order valence-corrected chi connectivity index (χ0v) is 12.2. The van der Waals surface area contributed by atoms with Gasteiger partial charge in [0.25, 0.3) is 0 Å². The van der Waals surface area contributed by atoms with Crippen LogP contribution in [0, 0.1) is 0 Å². The minimum atomic E-state index is -8.61. The highest BCUT2D eigenvalue weighted by Crippen LogP contribution is 2.63. The van der Waals surface area contributed by atoms with Crippen LogP contribution in [0.5, 0.6) is 0 Å². The molecule has 0 spiro atoms. The Morgan fingerprint density at radius 3 is 0.704 bits per heavy atom. The molecule has 0 saturated carbocycles. The molecular formula is C8H3ClF17N. The maximum absolute atomic E-state index is 12.9. The second-order valence-corrected chi connectivity index (χ2v) is 4.57. The molecule has 0 aliphatic carbocycles. The van der Waals surface area contributed by atoms with E-state index in [4.69, 9.17) is 0 Å². The normalized spacial score (nSPS) is 16.2. The van der Waals surface area contributed by atoms with Crippen molar-refractivity contribution in [2.45, 2.75) is 47.8 Å². The summed E-state index contributed by atoms with van der Waals surface area (Å²) < 4.78 is 211. The van der Waals surface area contributed by atoms with E-state index in [1.807, 2.05) is 0 Å². The van der Waals surface area contributed by atoms with E-state index < -0.39 is 47.8 Å². The van der Waals surface area contributed by atoms with Gasteiger partial charge in [-0.1, -0.05) is 0 Å². The Bertz CT molecular complexity index is 480. The molecule has 0 saturated heterocycles. The Morgan fingerprint density at radius 2 is 0.519 bits per heavy atom. The van der Waals surface area contributed by atoms with Gasteiger partial charge in [-0.25, -0.2) is 0 Å². The molecule has 0 aromatic carbocycles. The molecule has 0 heterocycles. The molecule has 0 bridgehead atoms. The van der Waals surface area contributed by atoms with Crippen LogP contribution in [0.15, 0.2) is 0 Å². The minimum absolute atomic E-state index is 0. The largest absolute Gasteiger partial charge is 0.460 e. The summed E-state index contributed by atoms with van der Waals surface area (Å²) in [5, 5.41) is 0. The topological polar surface area (TPSA) is 26.0 Å². The highest BCUT2D eigenvalue weighted by Gasteiger charge is 2.95. The Balaban J connectivity index is 0. The van der Waals surface area contributed by atoms with Crippen LogP contribution in [-0.2, 0) is 0 Å². The number of hydrogen-bond acceptors (Lipinski definition) is 1. The van der Waals surface area contributed by atoms with Crippen molar-refractivity contribution in [2.75, 3.05) is 0 Å². The summed E-state index contributed by atoms with van der Waals surface area (Å²) in [6.45, 7) is 0. The first-order valence-electron chi connectivity index (χ1n) is 5.25. The van der Waals surface area contributed by atoms with Crippen molar-refractivity contribution in [3.8, 4) is 0 Å². The quantitative estimate of drug-likeness (QED) is 0.411. The molecule has 0 aliphatic rings. The Labute approximate surface area is 142 Å². The van der Waals surface area contributed by atoms with Gasteiger partial charge in [-0.3, -0.25) is 5.73 Å². The van der Waals surface area contributed by atoms with Gasteiger partial charge in [-0.15, -0.1) is 12.4 Å². The van der Waals surface area contributed by atoms with Gasteiger partial charge in [0, 0.05) is 0 Å². The van der Waals surface area contributed by atoms with Gasteiger partial charge in [0.05, 0.1) is 0 Å². The van der Waals surface area contributed by atoms with E-state index in [1.165, 1.54) is 0 Å². The third-order valence-electron chi connectivity index (χ3n) is 2.75. The molecule has 0 amide bonds. The fourth-order valence-electron chi connectivity index (χ4n) is 1.18. The van der Waals surface area contributed by atoms with Crippen molar-refractivity contribution in [1.82, 2.24) is 0 Å². The summed E-state index contributed by atoms with van der Waals surface area (Å²) >= 11 is 0. The van der Waals surface area contributed by atoms with E-state index in [2.05, 4.69) is 5.73 Å². The van der Waals surface area contributed by atoms with Crippen LogP contribution in [0.1, 0.15) is 0 Å². The van der Waals surface area contributed by atoms with Crippen LogP contribution >= 0.6 is 12.4 Å². The van der Waals surface area contributed by atoms with Crippen LogP contribution in [0.3, 0.4) is 0 Å². The summed E-state index contributed by atoms with van der Waals surface area (Å²) in [5.74, 6) is -49.9. The van der Waals surface area contributed by atoms with Crippen molar-refractivity contribution in [3.63, 3.8) is 0 Å². The van der Waals surface area contributed by atoms with E-state index in [9.17, 15) is 74.6 Å². The van der Waals surface area contributed by atoms with Crippen molar-refractivity contribution in [2.24, 2.45) is 5.73 Å². The second-order valence-electron chi connectivity index (χ2n) is 4.57. The first kappa shape index (κ1) is 28.3. The van der Waals surface area contributed by atoms with Gasteiger partial charge >= 0.3 is 47.8 Å². The summed E-state index contributed by atoms with van der Waals surface area (Å²) in [6.07, 6.45) is -7.76. The maximum atomic E-state index is 12.9. The summed E-state index contributed by atoms with van der Waals surface area (Å²) in [6, 6.07) is -6.81. The van der Waals surface area contributed by atoms with E-state index >= 15 is 0 Å². The van der Waals surface area contributed by atoms with Gasteiger partial charge in [0.15, 0.2) is 0 Å². The van der Waals surface area contributed by atoms with Crippen LogP contribution < -0.4 is 5.73 Å². The Hall–Kier alpha value is -0.940. The maximum Gasteiger partial charge on any atom is 0.460 e. The summed E-state index contributed by atoms with van der Waals surface area (Å²) in [4.78, 5) is 0. The molecule has 0 aliphatic heterocycles. The highest BCUT2D eigenvalue weighted by molar-refractivity contribution is 5.85. The highest BCUT2D eigenvalue weighted by atomic mass is 35.5. The molecule has 0 aromatic heterocycles. The third kappa shape index (κ3) is 3.46. The SMILES string of the molecule is Cl.NC(F)(F)C(F)(F)C(F)(F)C(F)(F)C(F)(F)C(F)(F)C(F)(F)C(F)(F)F. The van der Waals surface area contributed by atoms with Gasteiger partial charge < -0.3 is 0 Å². The van der Waals surface area contributed by atoms with Gasteiger partial charge in [0.2, 0.25) is 0 Å². The first-order valence-corrected chi connectivity index (χ1v) is 5.25. The minimum Gasteiger partial charge on any atom is -0.267 e. The van der Waals surface area contributed by atoms with Crippen molar-refractivity contribution in [1.29, 1.82) is 0 Å². The van der Waals surface area contributed by atoms with Gasteiger partial charge in [0.1, 0.15) is 0 Å². The molecule has 166 valence electrons. The number of halogens is 18. The number of alkyl halides is 17. The molecule has 1 nitrogen and oxygen atoms in total. The van der Waals surface area contributed by atoms with Gasteiger partial charge in [-0.05, 0) is 0 Å². The summed E-state index contributed by atoms with van der Waals surface area (Å²) in [5.41, 5.74) is 3.05. The number of nitrogens with two attached hydrogens (primary N) is 1. The zero-order valence-electron chi connectivity index (χ0n) is 11.4. The lowest BCUT2D eigenvalue weighted by molar-refractivity contribution is -0.461. The van der Waals surface area contributed by atoms with Crippen LogP contribution in [0.4, 0.5) is 74.6 Å². The lowest BCUT2D eigenvalue weighted by Crippen LogP contribution is -2.75. The molecule has 19 heteroatoms. The van der Waals surface area contributed by atoms with E-state index in [1.54, 1.807) is 0 Å². The fraction of sp³-hybridized carbons (Fsp3) is 1.00. The molecule has 27 heavy (non-hydrogen) atoms. The van der Waals surface area contributed by atoms with Crippen LogP contribution in [0.2, 0.25) is 0 Å². The van der Waals surface area contributed by atoms with Crippen LogP contribution in [0.25, 0.3) is 0 Å². The monoisotopic (exact) mass is 471 g/mol. The predicted molar refractivity (Wildman–Crippen MR) is 52.1 cm³/mol. The average molecular weight is 472 g/mol. The number of rotatable bonds is 6. The molecule has 2 N–H and O–H groups in total. The molecule has 0 unspecified atom stereocenters. The standard InChI is InChI=1S/C8H2F17N.ClH/c9-1(10,3(13,14)5(17,18)7(21,22)23)2(11,12)4(15,16)6(19,20)8(24,25)26;/h26H2;1H. The van der Waals surface area contributed by atoms with Crippen molar-refractivity contribution in [3.05, 3.63) is 0 Å². The average Bonchev–Trinajstić information content (AvgIpc) is 2.34. The third-order valence-corrected chi connectivity index (χ3v) is 2.75. The lowest BCUT2D eigenvalue weighted by Gasteiger charge is -2.42.